The summed E-state index contributed by atoms with van der Waals surface area (Å²) in [5.74, 6) is 0. The first-order valence-electron chi connectivity index (χ1n) is 26.8. The minimum atomic E-state index is -0.511. The van der Waals surface area contributed by atoms with Crippen LogP contribution in [0.3, 0.4) is 0 Å². The highest BCUT2D eigenvalue weighted by Gasteiger charge is 2.25. The summed E-state index contributed by atoms with van der Waals surface area (Å²) in [7, 11) is 0. The van der Waals surface area contributed by atoms with Crippen LogP contribution in [0.1, 0.15) is 21.9 Å². The molecule has 0 bridgehead atoms. The maximum Gasteiger partial charge on any atom is 0.0645 e. The summed E-state index contributed by atoms with van der Waals surface area (Å²) in [5.41, 5.74) is 6.09. The van der Waals surface area contributed by atoms with E-state index in [1.807, 2.05) is 72.8 Å². The Balaban J connectivity index is 1.06. The molecule has 4 heteroatoms. The van der Waals surface area contributed by atoms with Gasteiger partial charge in [0.1, 0.15) is 0 Å². The van der Waals surface area contributed by atoms with Crippen LogP contribution in [0.5, 0.6) is 0 Å². The van der Waals surface area contributed by atoms with Crippen molar-refractivity contribution in [3.8, 4) is 11.4 Å². The predicted molar refractivity (Wildman–Crippen MR) is 244 cm³/mol. The van der Waals surface area contributed by atoms with E-state index in [9.17, 15) is 5.48 Å². The summed E-state index contributed by atoms with van der Waals surface area (Å²) >= 11 is 0. The maximum absolute atomic E-state index is 9.21. The number of aromatic nitrogens is 4. The summed E-state index contributed by atoms with van der Waals surface area (Å²) in [6.07, 6.45) is 0. The molecule has 0 fully saturated rings. The van der Waals surface area contributed by atoms with Crippen LogP contribution in [-0.4, -0.2) is 17.9 Å². The SMILES string of the molecule is [2H]c1c([2H])c([2H])c2c(c1[2H])c1c([2H])c([2H])c([2H])c([2H])c1n2-c1cccc2c1c1cccc3c4cc5c(cc4n2c31)c1cccc2c3c(-n4c6c([2H])c([2H])c([2H])c([2H])c6c6c([2H])c([2H])c([2H])c([2H])c64)cccc3n5c12. The fourth-order valence-corrected chi connectivity index (χ4v) is 10.2. The molecule has 0 saturated heterocycles. The number of hydrogen-bond acceptors (Lipinski definition) is 0. The molecule has 58 heavy (non-hydrogen) atoms. The van der Waals surface area contributed by atoms with Gasteiger partial charge in [0.2, 0.25) is 0 Å². The molecule has 6 aromatic heterocycles. The summed E-state index contributed by atoms with van der Waals surface area (Å²) in [6, 6.07) is 20.3. The third-order valence-corrected chi connectivity index (χ3v) is 12.3. The fourth-order valence-electron chi connectivity index (χ4n) is 10.2. The molecule has 0 aliphatic heterocycles. The van der Waals surface area contributed by atoms with Crippen molar-refractivity contribution in [3.63, 3.8) is 0 Å². The summed E-state index contributed by atoms with van der Waals surface area (Å²) in [5, 5.41) is 6.70. The quantitative estimate of drug-likeness (QED) is 0.168. The molecular formula is C54H30N4. The van der Waals surface area contributed by atoms with E-state index in [0.717, 1.165) is 65.4 Å². The summed E-state index contributed by atoms with van der Waals surface area (Å²) in [6.45, 7) is 0. The average Bonchev–Trinajstić information content (AvgIpc) is 4.32. The van der Waals surface area contributed by atoms with Crippen molar-refractivity contribution in [2.75, 3.05) is 0 Å². The van der Waals surface area contributed by atoms with Crippen LogP contribution in [0.15, 0.2) is 182 Å². The first kappa shape index (κ1) is 18.9. The van der Waals surface area contributed by atoms with Gasteiger partial charge in [-0.15, -0.1) is 0 Å². The number of hydrogen-bond donors (Lipinski definition) is 0. The first-order valence-corrected chi connectivity index (χ1v) is 18.8. The molecule has 0 spiro atoms. The Morgan fingerprint density at radius 1 is 0.293 bits per heavy atom. The minimum Gasteiger partial charge on any atom is -0.309 e. The van der Waals surface area contributed by atoms with Crippen molar-refractivity contribution in [1.29, 1.82) is 0 Å². The Morgan fingerprint density at radius 2 is 0.638 bits per heavy atom. The van der Waals surface area contributed by atoms with E-state index in [0.29, 0.717) is 22.1 Å². The standard InChI is InChI=1S/C54H30N4/c1-5-21-41-31(13-1)32-14-2-6-22-42(32)55(41)45-25-11-27-47-51(45)37-19-9-17-35-39-30-50-40(29-49(39)57(47)53(35)37)36-18-10-20-38-52-46(26-12-28-48(52)58(50)54(36)38)56-43-23-7-3-15-33(43)34-16-4-8-24-44(34)56/h1-30H/i1D,2D,3D,4D,5D,6D,7D,8D,13D,14D,15D,16D,21D,22D,23D,24D. The monoisotopic (exact) mass is 750 g/mol. The van der Waals surface area contributed by atoms with Gasteiger partial charge in [0.05, 0.1) is 88.5 Å². The topological polar surface area (TPSA) is 18.7 Å². The lowest BCUT2D eigenvalue weighted by molar-refractivity contribution is 1.20. The van der Waals surface area contributed by atoms with Gasteiger partial charge in [-0.25, -0.2) is 0 Å². The van der Waals surface area contributed by atoms with Gasteiger partial charge >= 0.3 is 0 Å². The van der Waals surface area contributed by atoms with Gasteiger partial charge in [0.25, 0.3) is 0 Å². The Kier molecular flexibility index (Phi) is 3.30. The highest BCUT2D eigenvalue weighted by molar-refractivity contribution is 6.30. The maximum atomic E-state index is 9.21. The van der Waals surface area contributed by atoms with Crippen LogP contribution >= 0.6 is 0 Å². The molecule has 6 heterocycles. The second-order valence-electron chi connectivity index (χ2n) is 14.9. The molecule has 15 aromatic rings. The zero-order valence-corrected chi connectivity index (χ0v) is 29.9. The van der Waals surface area contributed by atoms with Crippen molar-refractivity contribution >= 4 is 120 Å². The van der Waals surface area contributed by atoms with E-state index in [1.165, 1.54) is 0 Å². The van der Waals surface area contributed by atoms with Gasteiger partial charge in [-0.05, 0) is 60.6 Å². The molecule has 0 radical (unpaired) electrons. The van der Waals surface area contributed by atoms with E-state index >= 15 is 0 Å². The number of benzene rings is 9. The Morgan fingerprint density at radius 3 is 1.03 bits per heavy atom. The van der Waals surface area contributed by atoms with Crippen molar-refractivity contribution in [1.82, 2.24) is 17.9 Å². The molecule has 266 valence electrons. The highest BCUT2D eigenvalue weighted by atomic mass is 15.0. The number of rotatable bonds is 2. The fraction of sp³-hybridized carbons (Fsp3) is 0. The molecule has 15 rings (SSSR count). The second-order valence-corrected chi connectivity index (χ2v) is 14.9. The Labute approximate surface area is 352 Å². The van der Waals surface area contributed by atoms with Crippen LogP contribution in [0.25, 0.3) is 131 Å². The van der Waals surface area contributed by atoms with Gasteiger partial charge in [0.15, 0.2) is 0 Å². The molecule has 9 aromatic carbocycles. The lowest BCUT2D eigenvalue weighted by atomic mass is 10.0. The van der Waals surface area contributed by atoms with Crippen molar-refractivity contribution in [2.45, 2.75) is 0 Å². The van der Waals surface area contributed by atoms with Crippen LogP contribution in [-0.2, 0) is 0 Å². The summed E-state index contributed by atoms with van der Waals surface area (Å²) < 4.78 is 150. The van der Waals surface area contributed by atoms with E-state index in [-0.39, 0.29) is 67.8 Å². The molecule has 0 atom stereocenters. The molecule has 0 unspecified atom stereocenters. The lowest BCUT2D eigenvalue weighted by Gasteiger charge is -2.11. The van der Waals surface area contributed by atoms with E-state index in [1.54, 1.807) is 9.13 Å². The summed E-state index contributed by atoms with van der Waals surface area (Å²) in [4.78, 5) is 0. The molecular weight excluding hydrogens is 705 g/mol. The van der Waals surface area contributed by atoms with Gasteiger partial charge < -0.3 is 17.9 Å². The van der Waals surface area contributed by atoms with Crippen LogP contribution in [0, 0.1) is 0 Å². The molecule has 0 aliphatic carbocycles. The van der Waals surface area contributed by atoms with Gasteiger partial charge in [-0.3, -0.25) is 0 Å². The smallest absolute Gasteiger partial charge is 0.0645 e. The highest BCUT2D eigenvalue weighted by Crippen LogP contribution is 2.47. The average molecular weight is 751 g/mol. The normalized spacial score (nSPS) is 16.7. The van der Waals surface area contributed by atoms with Gasteiger partial charge in [-0.2, -0.15) is 0 Å². The molecule has 4 nitrogen and oxygen atoms in total. The van der Waals surface area contributed by atoms with Crippen LogP contribution < -0.4 is 0 Å². The Bertz CT molecular complexity index is 4740. The van der Waals surface area contributed by atoms with E-state index in [2.05, 4.69) is 20.9 Å². The van der Waals surface area contributed by atoms with Crippen molar-refractivity contribution in [3.05, 3.63) is 182 Å². The van der Waals surface area contributed by atoms with Crippen LogP contribution in [0.4, 0.5) is 0 Å². The number of nitrogens with zero attached hydrogens (tertiary/aromatic N) is 4. The third-order valence-electron chi connectivity index (χ3n) is 12.3. The first-order chi connectivity index (χ1) is 35.5. The van der Waals surface area contributed by atoms with Crippen molar-refractivity contribution in [2.24, 2.45) is 0 Å². The second kappa shape index (κ2) is 10.1. The van der Waals surface area contributed by atoms with Gasteiger partial charge in [-0.1, -0.05) is 121 Å². The van der Waals surface area contributed by atoms with E-state index in [4.69, 9.17) is 16.4 Å². The zero-order chi connectivity index (χ0) is 51.3. The number of para-hydroxylation sites is 6. The van der Waals surface area contributed by atoms with E-state index < -0.39 is 72.5 Å². The van der Waals surface area contributed by atoms with Crippen LogP contribution in [0.2, 0.25) is 0 Å². The predicted octanol–water partition coefficient (Wildman–Crippen LogP) is 14.2. The largest absolute Gasteiger partial charge is 0.309 e. The Hall–Kier alpha value is -7.82. The lowest BCUT2D eigenvalue weighted by Crippen LogP contribution is -1.95. The van der Waals surface area contributed by atoms with Gasteiger partial charge in [0, 0.05) is 64.6 Å². The third kappa shape index (κ3) is 3.30. The molecule has 0 aliphatic rings. The van der Waals surface area contributed by atoms with Crippen molar-refractivity contribution < 1.29 is 21.9 Å². The molecule has 0 N–H and O–H groups in total. The molecule has 0 amide bonds. The molecule has 0 saturated carbocycles. The zero-order valence-electron chi connectivity index (χ0n) is 45.9. The minimum absolute atomic E-state index is 0.000887. The number of fused-ring (bicyclic) bond motifs is 18.